The van der Waals surface area contributed by atoms with Crippen LogP contribution in [0.3, 0.4) is 0 Å². The molecular formula is C17H23F3N2O2. The van der Waals surface area contributed by atoms with Gasteiger partial charge in [0, 0.05) is 12.1 Å². The first kappa shape index (κ1) is 18.6. The number of alkyl halides is 3. The Morgan fingerprint density at radius 3 is 2.58 bits per heavy atom. The largest absolute Gasteiger partial charge is 0.484 e. The summed E-state index contributed by atoms with van der Waals surface area (Å²) in [6.07, 6.45) is -0.715. The molecule has 1 aromatic carbocycles. The lowest BCUT2D eigenvalue weighted by Gasteiger charge is -2.37. The Kier molecular flexibility index (Phi) is 5.74. The summed E-state index contributed by atoms with van der Waals surface area (Å²) in [7, 11) is 0. The average molecular weight is 344 g/mol. The van der Waals surface area contributed by atoms with Crippen LogP contribution in [0.1, 0.15) is 38.2 Å². The Hall–Kier alpha value is -1.76. The predicted octanol–water partition coefficient (Wildman–Crippen LogP) is 3.15. The minimum atomic E-state index is -4.36. The molecule has 4 nitrogen and oxygen atoms in total. The van der Waals surface area contributed by atoms with E-state index in [1.165, 1.54) is 12.1 Å². The molecule has 1 aromatic rings. The quantitative estimate of drug-likeness (QED) is 0.862. The minimum absolute atomic E-state index is 0.0721. The molecule has 1 saturated carbocycles. The molecule has 3 N–H and O–H groups in total. The molecule has 7 heteroatoms. The van der Waals surface area contributed by atoms with E-state index in [0.717, 1.165) is 31.2 Å². The number of halogens is 3. The minimum Gasteiger partial charge on any atom is -0.484 e. The van der Waals surface area contributed by atoms with Crippen LogP contribution < -0.4 is 15.8 Å². The second kappa shape index (κ2) is 7.42. The first-order valence-electron chi connectivity index (χ1n) is 8.02. The van der Waals surface area contributed by atoms with Gasteiger partial charge < -0.3 is 15.8 Å². The maximum atomic E-state index is 12.3. The molecule has 0 spiro atoms. The van der Waals surface area contributed by atoms with Crippen molar-refractivity contribution in [1.29, 1.82) is 0 Å². The van der Waals surface area contributed by atoms with Crippen molar-refractivity contribution in [1.82, 2.24) is 5.32 Å². The maximum absolute atomic E-state index is 12.3. The molecule has 0 aliphatic heterocycles. The third kappa shape index (κ3) is 5.40. The fraction of sp³-hybridized carbons (Fsp3) is 0.588. The monoisotopic (exact) mass is 344 g/mol. The molecule has 1 amide bonds. The zero-order chi connectivity index (χ0) is 17.8. The van der Waals surface area contributed by atoms with Gasteiger partial charge in [-0.05, 0) is 37.5 Å². The number of rotatable bonds is 5. The van der Waals surface area contributed by atoms with Crippen LogP contribution in [0.15, 0.2) is 24.3 Å². The summed E-state index contributed by atoms with van der Waals surface area (Å²) in [5.41, 5.74) is 6.51. The lowest BCUT2D eigenvalue weighted by Crippen LogP contribution is -2.52. The summed E-state index contributed by atoms with van der Waals surface area (Å²) in [5, 5.41) is 2.86. The van der Waals surface area contributed by atoms with Crippen LogP contribution in [0.25, 0.3) is 0 Å². The highest BCUT2D eigenvalue weighted by Crippen LogP contribution is 2.31. The number of ether oxygens (including phenoxy) is 1. The molecule has 2 rings (SSSR count). The summed E-state index contributed by atoms with van der Waals surface area (Å²) >= 11 is 0. The van der Waals surface area contributed by atoms with Crippen molar-refractivity contribution in [2.24, 2.45) is 11.7 Å². The fourth-order valence-electron chi connectivity index (χ4n) is 2.97. The van der Waals surface area contributed by atoms with Crippen molar-refractivity contribution in [3.63, 3.8) is 0 Å². The smallest absolute Gasteiger partial charge is 0.422 e. The number of amides is 1. The molecule has 2 unspecified atom stereocenters. The standard InChI is InChI=1S/C17H23F3N2O2/c1-16(21)9-3-2-4-14(16)15(23)22-10-12-5-7-13(8-6-12)24-11-17(18,19)20/h5-8,14H,2-4,9-11,21H2,1H3,(H,22,23). The van der Waals surface area contributed by atoms with E-state index in [2.05, 4.69) is 10.1 Å². The number of nitrogens with two attached hydrogens (primary N) is 1. The van der Waals surface area contributed by atoms with Crippen molar-refractivity contribution in [3.8, 4) is 5.75 Å². The molecule has 0 saturated heterocycles. The van der Waals surface area contributed by atoms with Gasteiger partial charge in [0.05, 0.1) is 5.92 Å². The van der Waals surface area contributed by atoms with Gasteiger partial charge in [-0.25, -0.2) is 0 Å². The number of hydrogen-bond acceptors (Lipinski definition) is 3. The van der Waals surface area contributed by atoms with Gasteiger partial charge in [0.15, 0.2) is 6.61 Å². The maximum Gasteiger partial charge on any atom is 0.422 e. The van der Waals surface area contributed by atoms with Gasteiger partial charge in [-0.15, -0.1) is 0 Å². The van der Waals surface area contributed by atoms with E-state index in [1.807, 2.05) is 6.92 Å². The zero-order valence-electron chi connectivity index (χ0n) is 13.7. The van der Waals surface area contributed by atoms with Crippen molar-refractivity contribution in [2.45, 2.75) is 50.9 Å². The molecule has 2 atom stereocenters. The van der Waals surface area contributed by atoms with E-state index in [1.54, 1.807) is 12.1 Å². The Balaban J connectivity index is 1.84. The molecule has 24 heavy (non-hydrogen) atoms. The third-order valence-corrected chi connectivity index (χ3v) is 4.36. The van der Waals surface area contributed by atoms with E-state index in [4.69, 9.17) is 5.73 Å². The molecule has 1 fully saturated rings. The fourth-order valence-corrected chi connectivity index (χ4v) is 2.97. The molecule has 0 heterocycles. The Morgan fingerprint density at radius 2 is 2.00 bits per heavy atom. The van der Waals surface area contributed by atoms with Crippen LogP contribution in [0.4, 0.5) is 13.2 Å². The van der Waals surface area contributed by atoms with Crippen molar-refractivity contribution < 1.29 is 22.7 Å². The summed E-state index contributed by atoms with van der Waals surface area (Å²) in [6.45, 7) is 0.897. The molecule has 0 aromatic heterocycles. The van der Waals surface area contributed by atoms with Crippen LogP contribution in [-0.4, -0.2) is 24.2 Å². The topological polar surface area (TPSA) is 64.4 Å². The van der Waals surface area contributed by atoms with Gasteiger partial charge in [0.25, 0.3) is 0 Å². The third-order valence-electron chi connectivity index (χ3n) is 4.36. The van der Waals surface area contributed by atoms with Crippen LogP contribution in [0, 0.1) is 5.92 Å². The lowest BCUT2D eigenvalue weighted by molar-refractivity contribution is -0.153. The first-order valence-corrected chi connectivity index (χ1v) is 8.02. The Bertz CT molecular complexity index is 556. The number of carbonyl (C=O) groups is 1. The number of benzene rings is 1. The van der Waals surface area contributed by atoms with Crippen LogP contribution in [-0.2, 0) is 11.3 Å². The van der Waals surface area contributed by atoms with E-state index < -0.39 is 18.3 Å². The highest BCUT2D eigenvalue weighted by Gasteiger charge is 2.37. The SMILES string of the molecule is CC1(N)CCCCC1C(=O)NCc1ccc(OCC(F)(F)F)cc1. The molecule has 0 radical (unpaired) electrons. The second-order valence-electron chi connectivity index (χ2n) is 6.57. The summed E-state index contributed by atoms with van der Waals surface area (Å²) in [5.74, 6) is -0.137. The average Bonchev–Trinajstić information content (AvgIpc) is 2.50. The van der Waals surface area contributed by atoms with Crippen molar-refractivity contribution >= 4 is 5.91 Å². The van der Waals surface area contributed by atoms with Gasteiger partial charge >= 0.3 is 6.18 Å². The van der Waals surface area contributed by atoms with Gasteiger partial charge in [0.2, 0.25) is 5.91 Å². The van der Waals surface area contributed by atoms with Crippen molar-refractivity contribution in [2.75, 3.05) is 6.61 Å². The number of carbonyl (C=O) groups excluding carboxylic acids is 1. The number of hydrogen-bond donors (Lipinski definition) is 2. The Morgan fingerprint density at radius 1 is 1.33 bits per heavy atom. The molecular weight excluding hydrogens is 321 g/mol. The normalized spacial score (nSPS) is 24.5. The van der Waals surface area contributed by atoms with Gasteiger partial charge in [-0.3, -0.25) is 4.79 Å². The van der Waals surface area contributed by atoms with Crippen molar-refractivity contribution in [3.05, 3.63) is 29.8 Å². The van der Waals surface area contributed by atoms with E-state index in [0.29, 0.717) is 6.54 Å². The highest BCUT2D eigenvalue weighted by atomic mass is 19.4. The van der Waals surface area contributed by atoms with Crippen LogP contribution in [0.2, 0.25) is 0 Å². The molecule has 1 aliphatic carbocycles. The second-order valence-corrected chi connectivity index (χ2v) is 6.57. The zero-order valence-corrected chi connectivity index (χ0v) is 13.7. The molecule has 1 aliphatic rings. The number of nitrogens with one attached hydrogen (secondary N) is 1. The summed E-state index contributed by atoms with van der Waals surface area (Å²) in [4.78, 5) is 12.3. The molecule has 134 valence electrons. The predicted molar refractivity (Wildman–Crippen MR) is 84.4 cm³/mol. The Labute approximate surface area is 139 Å². The van der Waals surface area contributed by atoms with Crippen LogP contribution in [0.5, 0.6) is 5.75 Å². The summed E-state index contributed by atoms with van der Waals surface area (Å²) in [6, 6.07) is 6.19. The van der Waals surface area contributed by atoms with E-state index in [9.17, 15) is 18.0 Å². The van der Waals surface area contributed by atoms with Gasteiger partial charge in [0.1, 0.15) is 5.75 Å². The highest BCUT2D eigenvalue weighted by molar-refractivity contribution is 5.80. The van der Waals surface area contributed by atoms with E-state index >= 15 is 0 Å². The van der Waals surface area contributed by atoms with E-state index in [-0.39, 0.29) is 17.6 Å². The van der Waals surface area contributed by atoms with Crippen LogP contribution >= 0.6 is 0 Å². The molecule has 0 bridgehead atoms. The lowest BCUT2D eigenvalue weighted by atomic mass is 9.74. The summed E-state index contributed by atoms with van der Waals surface area (Å²) < 4.78 is 40.9. The van der Waals surface area contributed by atoms with Gasteiger partial charge in [-0.2, -0.15) is 13.2 Å². The first-order chi connectivity index (χ1) is 11.2. The van der Waals surface area contributed by atoms with Gasteiger partial charge in [-0.1, -0.05) is 25.0 Å².